The van der Waals surface area contributed by atoms with E-state index in [0.29, 0.717) is 0 Å². The van der Waals surface area contributed by atoms with Gasteiger partial charge >= 0.3 is 18.1 Å². The van der Waals surface area contributed by atoms with Gasteiger partial charge < -0.3 is 19.1 Å². The molecule has 0 amide bonds. The first-order valence-electron chi connectivity index (χ1n) is 6.83. The molecule has 1 aromatic rings. The Bertz CT molecular complexity index is 732. The van der Waals surface area contributed by atoms with E-state index in [-0.39, 0.29) is 34.8 Å². The minimum Gasteiger partial charge on any atom is -0.466 e. The lowest BCUT2D eigenvalue weighted by molar-refractivity contribution is -0.140. The van der Waals surface area contributed by atoms with Crippen molar-refractivity contribution in [2.45, 2.75) is 6.18 Å². The number of carbonyl (C=O) groups excluding carboxylic acids is 2. The third-order valence-electron chi connectivity index (χ3n) is 3.41. The van der Waals surface area contributed by atoms with Crippen LogP contribution in [0.4, 0.5) is 18.9 Å². The predicted molar refractivity (Wildman–Crippen MR) is 83.5 cm³/mol. The van der Waals surface area contributed by atoms with Gasteiger partial charge in [0, 0.05) is 0 Å². The summed E-state index contributed by atoms with van der Waals surface area (Å²) in [5, 5.41) is 0. The number of ether oxygens (including phenoxy) is 3. The van der Waals surface area contributed by atoms with Gasteiger partial charge in [0.1, 0.15) is 12.4 Å². The fraction of sp³-hybridized carbons (Fsp3) is 0.333. The summed E-state index contributed by atoms with van der Waals surface area (Å²) >= 11 is 2.92. The van der Waals surface area contributed by atoms with Crippen LogP contribution in [0.2, 0.25) is 0 Å². The second-order valence-electron chi connectivity index (χ2n) is 4.85. The Balaban J connectivity index is 2.65. The minimum absolute atomic E-state index is 0.00340. The van der Waals surface area contributed by atoms with Crippen molar-refractivity contribution in [1.29, 1.82) is 0 Å². The molecule has 2 rings (SSSR count). The maximum Gasteiger partial charge on any atom is 0.417 e. The molecule has 0 aliphatic carbocycles. The number of nitrogens with zero attached hydrogens (tertiary/aromatic N) is 1. The lowest BCUT2D eigenvalue weighted by Gasteiger charge is -2.32. The molecule has 0 N–H and O–H groups in total. The van der Waals surface area contributed by atoms with E-state index in [9.17, 15) is 22.8 Å². The molecule has 6 nitrogen and oxygen atoms in total. The normalized spacial score (nSPS) is 15.2. The number of hydrogen-bond donors (Lipinski definition) is 0. The van der Waals surface area contributed by atoms with Crippen molar-refractivity contribution >= 4 is 33.6 Å². The monoisotopic (exact) mass is 423 g/mol. The Labute approximate surface area is 149 Å². The zero-order valence-electron chi connectivity index (χ0n) is 13.1. The SMILES string of the molecule is COC(=O)C1=C(C(=O)OC)N(c2cccc(C(F)(F)F)c2Br)COC1. The maximum absolute atomic E-state index is 13.1. The molecular formula is C15H13BrF3NO5. The molecule has 0 saturated heterocycles. The van der Waals surface area contributed by atoms with Crippen LogP contribution in [0, 0.1) is 0 Å². The first-order chi connectivity index (χ1) is 11.7. The number of anilines is 1. The molecule has 0 unspecified atom stereocenters. The molecule has 136 valence electrons. The molecule has 1 aromatic carbocycles. The average molecular weight is 424 g/mol. The molecule has 0 fully saturated rings. The topological polar surface area (TPSA) is 65.1 Å². The smallest absolute Gasteiger partial charge is 0.417 e. The largest absolute Gasteiger partial charge is 0.466 e. The number of benzene rings is 1. The van der Waals surface area contributed by atoms with E-state index in [2.05, 4.69) is 25.4 Å². The van der Waals surface area contributed by atoms with Crippen LogP contribution in [-0.2, 0) is 30.0 Å². The molecule has 1 heterocycles. The Kier molecular flexibility index (Phi) is 5.73. The summed E-state index contributed by atoms with van der Waals surface area (Å²) in [5.74, 6) is -1.73. The number of carbonyl (C=O) groups is 2. The Morgan fingerprint density at radius 3 is 2.40 bits per heavy atom. The summed E-state index contributed by atoms with van der Waals surface area (Å²) < 4.78 is 53.6. The van der Waals surface area contributed by atoms with E-state index >= 15 is 0 Å². The number of esters is 2. The lowest BCUT2D eigenvalue weighted by atomic mass is 10.1. The molecule has 0 aromatic heterocycles. The van der Waals surface area contributed by atoms with E-state index in [4.69, 9.17) is 4.74 Å². The van der Waals surface area contributed by atoms with Crippen LogP contribution in [0.3, 0.4) is 0 Å². The van der Waals surface area contributed by atoms with Gasteiger partial charge in [-0.3, -0.25) is 0 Å². The highest BCUT2D eigenvalue weighted by atomic mass is 79.9. The summed E-state index contributed by atoms with van der Waals surface area (Å²) in [6.07, 6.45) is -4.61. The standard InChI is InChI=1S/C15H13BrF3NO5/c1-23-13(21)8-6-25-7-20(12(8)14(22)24-2)10-5-3-4-9(11(10)16)15(17,18)19/h3-5H,6-7H2,1-2H3. The Morgan fingerprint density at radius 1 is 1.20 bits per heavy atom. The van der Waals surface area contributed by atoms with E-state index in [1.807, 2.05) is 0 Å². The van der Waals surface area contributed by atoms with Gasteiger partial charge in [-0.1, -0.05) is 6.07 Å². The van der Waals surface area contributed by atoms with Crippen molar-refractivity contribution in [2.24, 2.45) is 0 Å². The van der Waals surface area contributed by atoms with Crippen LogP contribution in [0.25, 0.3) is 0 Å². The summed E-state index contributed by atoms with van der Waals surface area (Å²) in [6, 6.07) is 3.43. The molecule has 1 aliphatic heterocycles. The number of hydrogen-bond acceptors (Lipinski definition) is 6. The van der Waals surface area contributed by atoms with Crippen molar-refractivity contribution in [1.82, 2.24) is 0 Å². The van der Waals surface area contributed by atoms with E-state index in [1.165, 1.54) is 12.1 Å². The third kappa shape index (κ3) is 3.79. The van der Waals surface area contributed by atoms with Gasteiger partial charge in [-0.25, -0.2) is 9.59 Å². The molecule has 10 heteroatoms. The highest BCUT2D eigenvalue weighted by Crippen LogP contribution is 2.41. The van der Waals surface area contributed by atoms with Crippen molar-refractivity contribution in [3.63, 3.8) is 0 Å². The van der Waals surface area contributed by atoms with Gasteiger partial charge in [0.15, 0.2) is 0 Å². The molecule has 0 radical (unpaired) electrons. The fourth-order valence-electron chi connectivity index (χ4n) is 2.28. The number of alkyl halides is 3. The number of rotatable bonds is 3. The van der Waals surface area contributed by atoms with Gasteiger partial charge in [-0.15, -0.1) is 0 Å². The second kappa shape index (κ2) is 7.44. The predicted octanol–water partition coefficient (Wildman–Crippen LogP) is 2.86. The van der Waals surface area contributed by atoms with Gasteiger partial charge in [0.05, 0.1) is 42.1 Å². The Hall–Kier alpha value is -2.07. The van der Waals surface area contributed by atoms with Crippen LogP contribution in [0.1, 0.15) is 5.56 Å². The molecule has 0 saturated carbocycles. The van der Waals surface area contributed by atoms with Crippen LogP contribution >= 0.6 is 15.9 Å². The zero-order chi connectivity index (χ0) is 18.8. The summed E-state index contributed by atoms with van der Waals surface area (Å²) in [5.41, 5.74) is -1.32. The molecule has 25 heavy (non-hydrogen) atoms. The molecular weight excluding hydrogens is 411 g/mol. The molecule has 0 bridgehead atoms. The van der Waals surface area contributed by atoms with Crippen molar-refractivity contribution in [2.75, 3.05) is 32.5 Å². The lowest BCUT2D eigenvalue weighted by Crippen LogP contribution is -2.39. The molecule has 1 aliphatic rings. The maximum atomic E-state index is 13.1. The summed E-state index contributed by atoms with van der Waals surface area (Å²) in [6.45, 7) is -0.477. The Morgan fingerprint density at radius 2 is 1.84 bits per heavy atom. The first-order valence-corrected chi connectivity index (χ1v) is 7.62. The average Bonchev–Trinajstić information content (AvgIpc) is 2.58. The van der Waals surface area contributed by atoms with Crippen molar-refractivity contribution < 1.29 is 37.0 Å². The molecule has 0 spiro atoms. The molecule has 0 atom stereocenters. The highest BCUT2D eigenvalue weighted by molar-refractivity contribution is 9.10. The first kappa shape index (κ1) is 19.3. The summed E-state index contributed by atoms with van der Waals surface area (Å²) in [4.78, 5) is 25.2. The van der Waals surface area contributed by atoms with Crippen LogP contribution in [0.15, 0.2) is 33.9 Å². The highest BCUT2D eigenvalue weighted by Gasteiger charge is 2.37. The van der Waals surface area contributed by atoms with Gasteiger partial charge in [0.25, 0.3) is 0 Å². The van der Waals surface area contributed by atoms with Crippen LogP contribution < -0.4 is 4.90 Å². The number of halogens is 4. The van der Waals surface area contributed by atoms with Gasteiger partial charge in [0.2, 0.25) is 0 Å². The van der Waals surface area contributed by atoms with E-state index < -0.39 is 23.7 Å². The quantitative estimate of drug-likeness (QED) is 0.696. The van der Waals surface area contributed by atoms with Crippen molar-refractivity contribution in [3.8, 4) is 0 Å². The second-order valence-corrected chi connectivity index (χ2v) is 5.65. The zero-order valence-corrected chi connectivity index (χ0v) is 14.7. The van der Waals surface area contributed by atoms with Gasteiger partial charge in [-0.05, 0) is 28.1 Å². The van der Waals surface area contributed by atoms with Crippen LogP contribution in [0.5, 0.6) is 0 Å². The number of methoxy groups -OCH3 is 2. The van der Waals surface area contributed by atoms with Crippen molar-refractivity contribution in [3.05, 3.63) is 39.5 Å². The van der Waals surface area contributed by atoms with E-state index in [0.717, 1.165) is 25.2 Å². The van der Waals surface area contributed by atoms with Crippen LogP contribution in [-0.4, -0.2) is 39.5 Å². The minimum atomic E-state index is -4.61. The van der Waals surface area contributed by atoms with Gasteiger partial charge in [-0.2, -0.15) is 13.2 Å². The summed E-state index contributed by atoms with van der Waals surface area (Å²) in [7, 11) is 2.21. The van der Waals surface area contributed by atoms with E-state index in [1.54, 1.807) is 0 Å². The fourth-order valence-corrected chi connectivity index (χ4v) is 2.98. The third-order valence-corrected chi connectivity index (χ3v) is 4.24.